The Labute approximate surface area is 122 Å². The average Bonchev–Trinajstić information content (AvgIpc) is 2.35. The Morgan fingerprint density at radius 2 is 1.95 bits per heavy atom. The lowest BCUT2D eigenvalue weighted by atomic mass is 10.2. The third kappa shape index (κ3) is 5.52. The molecule has 0 aliphatic rings. The molecule has 2 amide bonds. The number of primary amides is 1. The number of nitrogens with zero attached hydrogens (tertiary/aromatic N) is 1. The van der Waals surface area contributed by atoms with Crippen LogP contribution in [0.2, 0.25) is 0 Å². The van der Waals surface area contributed by atoms with Crippen molar-refractivity contribution in [2.24, 2.45) is 5.73 Å². The van der Waals surface area contributed by atoms with Crippen molar-refractivity contribution in [1.29, 1.82) is 0 Å². The summed E-state index contributed by atoms with van der Waals surface area (Å²) in [5.41, 5.74) is 5.26. The Morgan fingerprint density at radius 3 is 2.48 bits per heavy atom. The third-order valence-corrected chi connectivity index (χ3v) is 2.41. The Kier molecular flexibility index (Phi) is 5.71. The monoisotopic (exact) mass is 294 g/mol. The molecule has 0 atom stereocenters. The zero-order valence-corrected chi connectivity index (χ0v) is 11.9. The summed E-state index contributed by atoms with van der Waals surface area (Å²) in [5.74, 6) is -2.10. The van der Waals surface area contributed by atoms with Crippen LogP contribution in [0, 0.1) is 0 Å². The number of amides is 2. The molecule has 0 unspecified atom stereocenters. The number of carboxylic acid groups (broad SMARTS) is 1. The van der Waals surface area contributed by atoms with Crippen LogP contribution in [0.1, 0.15) is 24.2 Å². The summed E-state index contributed by atoms with van der Waals surface area (Å²) in [6.07, 6.45) is -0.0592. The first-order valence-electron chi connectivity index (χ1n) is 6.35. The smallest absolute Gasteiger partial charge is 0.323 e. The van der Waals surface area contributed by atoms with Gasteiger partial charge in [-0.05, 0) is 32.0 Å². The van der Waals surface area contributed by atoms with Gasteiger partial charge in [-0.2, -0.15) is 0 Å². The minimum Gasteiger partial charge on any atom is -0.491 e. The van der Waals surface area contributed by atoms with E-state index in [1.807, 2.05) is 13.8 Å². The molecular weight excluding hydrogens is 276 g/mol. The van der Waals surface area contributed by atoms with E-state index in [1.165, 1.54) is 12.1 Å². The first-order chi connectivity index (χ1) is 9.79. The maximum absolute atomic E-state index is 12.3. The second-order valence-electron chi connectivity index (χ2n) is 4.72. The lowest BCUT2D eigenvalue weighted by Crippen LogP contribution is -2.41. The summed E-state index contributed by atoms with van der Waals surface area (Å²) < 4.78 is 5.47. The van der Waals surface area contributed by atoms with E-state index in [2.05, 4.69) is 0 Å². The minimum atomic E-state index is -1.22. The van der Waals surface area contributed by atoms with Crippen molar-refractivity contribution in [2.75, 3.05) is 13.1 Å². The number of rotatable bonds is 7. The molecule has 0 aliphatic carbocycles. The third-order valence-electron chi connectivity index (χ3n) is 2.41. The fraction of sp³-hybridized carbons (Fsp3) is 0.357. The number of nitrogens with two attached hydrogens (primary N) is 1. The maximum atomic E-state index is 12.3. The second-order valence-corrected chi connectivity index (χ2v) is 4.72. The molecule has 1 rings (SSSR count). The SMILES string of the molecule is CC(C)Oc1cccc(C(=O)N(CC(N)=O)CC(=O)O)c1. The van der Waals surface area contributed by atoms with Gasteiger partial charge in [0.25, 0.3) is 5.91 Å². The number of ether oxygens (including phenoxy) is 1. The zero-order chi connectivity index (χ0) is 16.0. The van der Waals surface area contributed by atoms with Crippen molar-refractivity contribution >= 4 is 17.8 Å². The molecule has 0 aliphatic heterocycles. The van der Waals surface area contributed by atoms with E-state index in [4.69, 9.17) is 15.6 Å². The standard InChI is InChI=1S/C14H18N2O5/c1-9(2)21-11-5-3-4-10(6-11)14(20)16(7-12(15)17)8-13(18)19/h3-6,9H,7-8H2,1-2H3,(H2,15,17)(H,18,19). The van der Waals surface area contributed by atoms with Crippen LogP contribution in [-0.2, 0) is 9.59 Å². The molecule has 1 aromatic rings. The number of carbonyl (C=O) groups excluding carboxylic acids is 2. The summed E-state index contributed by atoms with van der Waals surface area (Å²) in [7, 11) is 0. The Bertz CT molecular complexity index is 526. The molecule has 3 N–H and O–H groups in total. The van der Waals surface area contributed by atoms with Crippen LogP contribution < -0.4 is 10.5 Å². The van der Waals surface area contributed by atoms with Gasteiger partial charge in [0.1, 0.15) is 18.8 Å². The van der Waals surface area contributed by atoms with E-state index in [0.717, 1.165) is 4.90 Å². The Morgan fingerprint density at radius 1 is 1.29 bits per heavy atom. The highest BCUT2D eigenvalue weighted by Crippen LogP contribution is 2.16. The van der Waals surface area contributed by atoms with Gasteiger partial charge < -0.3 is 20.5 Å². The lowest BCUT2D eigenvalue weighted by Gasteiger charge is -2.19. The van der Waals surface area contributed by atoms with Gasteiger partial charge in [-0.15, -0.1) is 0 Å². The fourth-order valence-electron chi connectivity index (χ4n) is 1.71. The summed E-state index contributed by atoms with van der Waals surface area (Å²) >= 11 is 0. The quantitative estimate of drug-likeness (QED) is 0.760. The van der Waals surface area contributed by atoms with Crippen molar-refractivity contribution in [3.05, 3.63) is 29.8 Å². The summed E-state index contributed by atoms with van der Waals surface area (Å²) in [4.78, 5) is 34.8. The first-order valence-corrected chi connectivity index (χ1v) is 6.35. The van der Waals surface area contributed by atoms with E-state index in [0.29, 0.717) is 5.75 Å². The average molecular weight is 294 g/mol. The molecule has 0 spiro atoms. The van der Waals surface area contributed by atoms with Crippen molar-refractivity contribution in [1.82, 2.24) is 4.90 Å². The van der Waals surface area contributed by atoms with Gasteiger partial charge in [-0.1, -0.05) is 6.07 Å². The zero-order valence-electron chi connectivity index (χ0n) is 11.9. The first kappa shape index (κ1) is 16.5. The molecule has 0 bridgehead atoms. The topological polar surface area (TPSA) is 110 Å². The van der Waals surface area contributed by atoms with E-state index in [1.54, 1.807) is 12.1 Å². The van der Waals surface area contributed by atoms with E-state index >= 15 is 0 Å². The summed E-state index contributed by atoms with van der Waals surface area (Å²) in [6.45, 7) is 2.63. The van der Waals surface area contributed by atoms with Gasteiger partial charge in [0, 0.05) is 5.56 Å². The Balaban J connectivity index is 2.96. The molecule has 0 fully saturated rings. The highest BCUT2D eigenvalue weighted by Gasteiger charge is 2.20. The van der Waals surface area contributed by atoms with Gasteiger partial charge in [0.15, 0.2) is 0 Å². The molecule has 21 heavy (non-hydrogen) atoms. The highest BCUT2D eigenvalue weighted by molar-refractivity contribution is 5.98. The van der Waals surface area contributed by atoms with Gasteiger partial charge in [0.05, 0.1) is 6.10 Å². The van der Waals surface area contributed by atoms with E-state index in [9.17, 15) is 14.4 Å². The molecule has 7 nitrogen and oxygen atoms in total. The lowest BCUT2D eigenvalue weighted by molar-refractivity contribution is -0.138. The molecule has 114 valence electrons. The highest BCUT2D eigenvalue weighted by atomic mass is 16.5. The van der Waals surface area contributed by atoms with Gasteiger partial charge in [-0.3, -0.25) is 14.4 Å². The van der Waals surface area contributed by atoms with Gasteiger partial charge in [-0.25, -0.2) is 0 Å². The molecule has 0 saturated heterocycles. The number of carboxylic acids is 1. The van der Waals surface area contributed by atoms with E-state index in [-0.39, 0.29) is 11.7 Å². The van der Waals surface area contributed by atoms with Crippen LogP contribution in [0.25, 0.3) is 0 Å². The van der Waals surface area contributed by atoms with Gasteiger partial charge >= 0.3 is 5.97 Å². The molecule has 0 saturated carbocycles. The van der Waals surface area contributed by atoms with Crippen LogP contribution in [0.5, 0.6) is 5.75 Å². The second kappa shape index (κ2) is 7.28. The van der Waals surface area contributed by atoms with Crippen LogP contribution in [0.3, 0.4) is 0 Å². The molecule has 0 radical (unpaired) electrons. The fourth-order valence-corrected chi connectivity index (χ4v) is 1.71. The molecule has 7 heteroatoms. The molecular formula is C14H18N2O5. The van der Waals surface area contributed by atoms with Crippen LogP contribution in [-0.4, -0.2) is 47.0 Å². The number of hydrogen-bond acceptors (Lipinski definition) is 4. The normalized spacial score (nSPS) is 10.2. The number of hydrogen-bond donors (Lipinski definition) is 2. The van der Waals surface area contributed by atoms with Crippen molar-refractivity contribution in [3.63, 3.8) is 0 Å². The number of benzene rings is 1. The Hall–Kier alpha value is -2.57. The summed E-state index contributed by atoms with van der Waals surface area (Å²) in [6, 6.07) is 6.32. The van der Waals surface area contributed by atoms with Crippen LogP contribution >= 0.6 is 0 Å². The van der Waals surface area contributed by atoms with Crippen LogP contribution in [0.15, 0.2) is 24.3 Å². The predicted molar refractivity (Wildman–Crippen MR) is 74.9 cm³/mol. The maximum Gasteiger partial charge on any atom is 0.323 e. The molecule has 1 aromatic carbocycles. The van der Waals surface area contributed by atoms with E-state index < -0.39 is 30.9 Å². The predicted octanol–water partition coefficient (Wildman–Crippen LogP) is 0.486. The minimum absolute atomic E-state index is 0.0592. The van der Waals surface area contributed by atoms with Gasteiger partial charge in [0.2, 0.25) is 5.91 Å². The van der Waals surface area contributed by atoms with Crippen molar-refractivity contribution in [3.8, 4) is 5.75 Å². The summed E-state index contributed by atoms with van der Waals surface area (Å²) in [5, 5.41) is 8.80. The van der Waals surface area contributed by atoms with Crippen molar-refractivity contribution in [2.45, 2.75) is 20.0 Å². The number of carbonyl (C=O) groups is 3. The largest absolute Gasteiger partial charge is 0.491 e. The molecule has 0 aromatic heterocycles. The van der Waals surface area contributed by atoms with Crippen molar-refractivity contribution < 1.29 is 24.2 Å². The number of aliphatic carboxylic acids is 1. The molecule has 0 heterocycles. The van der Waals surface area contributed by atoms with Crippen LogP contribution in [0.4, 0.5) is 0 Å².